The second-order valence-corrected chi connectivity index (χ2v) is 6.68. The Morgan fingerprint density at radius 2 is 2.00 bits per heavy atom. The lowest BCUT2D eigenvalue weighted by Crippen LogP contribution is -2.45. The maximum absolute atomic E-state index is 13.3. The maximum Gasteiger partial charge on any atom is 0.319 e. The minimum atomic E-state index is -2.78. The van der Waals surface area contributed by atoms with E-state index in [4.69, 9.17) is 5.11 Å². The van der Waals surface area contributed by atoms with Crippen LogP contribution in [0.4, 0.5) is 19.3 Å². The van der Waals surface area contributed by atoms with Crippen LogP contribution in [0.15, 0.2) is 6.20 Å². The van der Waals surface area contributed by atoms with E-state index in [1.807, 2.05) is 13.8 Å². The SMILES string of the molecule is CC(C)Cn1ncc(NC(=O)NC(C)(C)CCC(=O)O)c1C(F)F. The third-order valence-electron chi connectivity index (χ3n) is 3.29. The fourth-order valence-electron chi connectivity index (χ4n) is 2.16. The first kappa shape index (κ1) is 19.9. The molecule has 3 N–H and O–H groups in total. The average Bonchev–Trinajstić information content (AvgIpc) is 2.77. The summed E-state index contributed by atoms with van der Waals surface area (Å²) in [7, 11) is 0. The van der Waals surface area contributed by atoms with Crippen molar-refractivity contribution < 1.29 is 23.5 Å². The molecule has 0 unspecified atom stereocenters. The van der Waals surface area contributed by atoms with E-state index in [1.54, 1.807) is 13.8 Å². The topological polar surface area (TPSA) is 96.3 Å². The van der Waals surface area contributed by atoms with Crippen LogP contribution in [0.25, 0.3) is 0 Å². The zero-order valence-electron chi connectivity index (χ0n) is 14.3. The number of halogens is 2. The Labute approximate surface area is 139 Å². The standard InChI is InChI=1S/C15H24F2N4O3/c1-9(2)8-21-12(13(16)17)10(7-18-21)19-14(24)20-15(3,4)6-5-11(22)23/h7,9,13H,5-6,8H2,1-4H3,(H,22,23)(H2,19,20,24). The van der Waals surface area contributed by atoms with Gasteiger partial charge in [-0.15, -0.1) is 0 Å². The quantitative estimate of drug-likeness (QED) is 0.673. The minimum absolute atomic E-state index is 0.0582. The molecule has 7 nitrogen and oxygen atoms in total. The largest absolute Gasteiger partial charge is 0.481 e. The zero-order valence-corrected chi connectivity index (χ0v) is 14.3. The van der Waals surface area contributed by atoms with Crippen molar-refractivity contribution in [2.75, 3.05) is 5.32 Å². The fraction of sp³-hybridized carbons (Fsp3) is 0.667. The van der Waals surface area contributed by atoms with Gasteiger partial charge in [0.25, 0.3) is 6.43 Å². The molecule has 0 atom stereocenters. The van der Waals surface area contributed by atoms with Crippen molar-refractivity contribution in [1.29, 1.82) is 0 Å². The average molecular weight is 346 g/mol. The molecule has 0 aliphatic rings. The number of hydrogen-bond donors (Lipinski definition) is 3. The van der Waals surface area contributed by atoms with Crippen molar-refractivity contribution in [2.45, 2.75) is 59.0 Å². The zero-order chi connectivity index (χ0) is 18.5. The third kappa shape index (κ3) is 6.13. The summed E-state index contributed by atoms with van der Waals surface area (Å²) >= 11 is 0. The van der Waals surface area contributed by atoms with Gasteiger partial charge in [-0.2, -0.15) is 5.10 Å². The molecule has 1 aromatic heterocycles. The summed E-state index contributed by atoms with van der Waals surface area (Å²) < 4.78 is 27.7. The predicted octanol–water partition coefficient (Wildman–Crippen LogP) is 3.24. The molecule has 0 radical (unpaired) electrons. The molecule has 9 heteroatoms. The number of nitrogens with one attached hydrogen (secondary N) is 2. The molecule has 24 heavy (non-hydrogen) atoms. The highest BCUT2D eigenvalue weighted by Crippen LogP contribution is 2.27. The number of carboxylic acids is 1. The summed E-state index contributed by atoms with van der Waals surface area (Å²) in [6.07, 6.45) is -1.48. The second-order valence-electron chi connectivity index (χ2n) is 6.68. The third-order valence-corrected chi connectivity index (χ3v) is 3.29. The van der Waals surface area contributed by atoms with Crippen molar-refractivity contribution in [3.05, 3.63) is 11.9 Å². The number of carboxylic acid groups (broad SMARTS) is 1. The minimum Gasteiger partial charge on any atom is -0.481 e. The van der Waals surface area contributed by atoms with Gasteiger partial charge < -0.3 is 15.7 Å². The summed E-state index contributed by atoms with van der Waals surface area (Å²) in [5, 5.41) is 17.5. The van der Waals surface area contributed by atoms with E-state index in [-0.39, 0.29) is 30.1 Å². The molecule has 1 heterocycles. The Kier molecular flexibility index (Phi) is 6.68. The number of nitrogens with zero attached hydrogens (tertiary/aromatic N) is 2. The lowest BCUT2D eigenvalue weighted by molar-refractivity contribution is -0.137. The van der Waals surface area contributed by atoms with Crippen LogP contribution < -0.4 is 10.6 Å². The van der Waals surface area contributed by atoms with Gasteiger partial charge in [0.1, 0.15) is 5.69 Å². The number of amides is 2. The van der Waals surface area contributed by atoms with Crippen molar-refractivity contribution in [1.82, 2.24) is 15.1 Å². The predicted molar refractivity (Wildman–Crippen MR) is 85.1 cm³/mol. The van der Waals surface area contributed by atoms with E-state index >= 15 is 0 Å². The highest BCUT2D eigenvalue weighted by Gasteiger charge is 2.25. The molecule has 1 rings (SSSR count). The lowest BCUT2D eigenvalue weighted by Gasteiger charge is -2.25. The van der Waals surface area contributed by atoms with E-state index in [2.05, 4.69) is 15.7 Å². The number of anilines is 1. The van der Waals surface area contributed by atoms with Crippen LogP contribution >= 0.6 is 0 Å². The molecule has 0 aliphatic heterocycles. The molecule has 1 aromatic rings. The molecule has 0 saturated carbocycles. The molecule has 0 bridgehead atoms. The van der Waals surface area contributed by atoms with Crippen molar-refractivity contribution in [3.8, 4) is 0 Å². The van der Waals surface area contributed by atoms with Crippen LogP contribution in [-0.2, 0) is 11.3 Å². The second kappa shape index (κ2) is 8.07. The van der Waals surface area contributed by atoms with Crippen LogP contribution in [0, 0.1) is 5.92 Å². The van der Waals surface area contributed by atoms with Crippen molar-refractivity contribution in [2.24, 2.45) is 5.92 Å². The van der Waals surface area contributed by atoms with E-state index in [9.17, 15) is 18.4 Å². The summed E-state index contributed by atoms with van der Waals surface area (Å²) in [6, 6.07) is -0.684. The van der Waals surface area contributed by atoms with E-state index < -0.39 is 24.0 Å². The molecule has 0 fully saturated rings. The maximum atomic E-state index is 13.3. The number of rotatable bonds is 8. The van der Waals surface area contributed by atoms with Crippen molar-refractivity contribution in [3.63, 3.8) is 0 Å². The van der Waals surface area contributed by atoms with E-state index in [1.165, 1.54) is 10.9 Å². The van der Waals surface area contributed by atoms with E-state index in [0.717, 1.165) is 0 Å². The first-order valence-corrected chi connectivity index (χ1v) is 7.66. The first-order valence-electron chi connectivity index (χ1n) is 7.66. The Morgan fingerprint density at radius 3 is 2.50 bits per heavy atom. The van der Waals surface area contributed by atoms with Crippen LogP contribution in [-0.4, -0.2) is 32.4 Å². The van der Waals surface area contributed by atoms with Gasteiger partial charge in [0.2, 0.25) is 0 Å². The van der Waals surface area contributed by atoms with Gasteiger partial charge in [-0.05, 0) is 26.2 Å². The van der Waals surface area contributed by atoms with Gasteiger partial charge in [0, 0.05) is 18.5 Å². The Bertz CT molecular complexity index is 585. The number of urea groups is 1. The van der Waals surface area contributed by atoms with Crippen LogP contribution in [0.2, 0.25) is 0 Å². The summed E-state index contributed by atoms with van der Waals surface area (Å²) in [5.74, 6) is -0.848. The molecular weight excluding hydrogens is 322 g/mol. The molecule has 0 spiro atoms. The fourth-order valence-corrected chi connectivity index (χ4v) is 2.16. The number of hydrogen-bond acceptors (Lipinski definition) is 3. The van der Waals surface area contributed by atoms with E-state index in [0.29, 0.717) is 6.54 Å². The lowest BCUT2D eigenvalue weighted by atomic mass is 9.99. The Balaban J connectivity index is 2.79. The highest BCUT2D eigenvalue weighted by molar-refractivity contribution is 5.90. The summed E-state index contributed by atoms with van der Waals surface area (Å²) in [6.45, 7) is 7.38. The van der Waals surface area contributed by atoms with Gasteiger partial charge >= 0.3 is 12.0 Å². The highest BCUT2D eigenvalue weighted by atomic mass is 19.3. The summed E-state index contributed by atoms with van der Waals surface area (Å²) in [5.41, 5.74) is -1.19. The van der Waals surface area contributed by atoms with Gasteiger partial charge in [-0.3, -0.25) is 9.48 Å². The van der Waals surface area contributed by atoms with Crippen LogP contribution in [0.3, 0.4) is 0 Å². The Hall–Kier alpha value is -2.19. The van der Waals surface area contributed by atoms with Gasteiger partial charge in [-0.25, -0.2) is 13.6 Å². The summed E-state index contributed by atoms with van der Waals surface area (Å²) in [4.78, 5) is 22.6. The number of carbonyl (C=O) groups is 2. The Morgan fingerprint density at radius 1 is 1.38 bits per heavy atom. The molecule has 2 amide bonds. The normalized spacial score (nSPS) is 11.8. The van der Waals surface area contributed by atoms with Gasteiger partial charge in [0.05, 0.1) is 11.9 Å². The molecule has 0 saturated heterocycles. The molecule has 136 valence electrons. The first-order chi connectivity index (χ1) is 11.0. The smallest absolute Gasteiger partial charge is 0.319 e. The van der Waals surface area contributed by atoms with Crippen LogP contribution in [0.5, 0.6) is 0 Å². The van der Waals surface area contributed by atoms with Gasteiger partial charge in [0.15, 0.2) is 0 Å². The number of aliphatic carboxylic acids is 1. The monoisotopic (exact) mass is 346 g/mol. The number of alkyl halides is 2. The van der Waals surface area contributed by atoms with Crippen LogP contribution in [0.1, 0.15) is 52.7 Å². The molecule has 0 aliphatic carbocycles. The molecule has 0 aromatic carbocycles. The van der Waals surface area contributed by atoms with Crippen molar-refractivity contribution >= 4 is 17.7 Å². The van der Waals surface area contributed by atoms with Gasteiger partial charge in [-0.1, -0.05) is 13.8 Å². The molecular formula is C15H24F2N4O3. The number of aromatic nitrogens is 2. The number of carbonyl (C=O) groups excluding carboxylic acids is 1.